The van der Waals surface area contributed by atoms with Gasteiger partial charge in [0.25, 0.3) is 0 Å². The van der Waals surface area contributed by atoms with Crippen LogP contribution in [0, 0.1) is 0 Å². The van der Waals surface area contributed by atoms with Crippen LogP contribution in [0.3, 0.4) is 0 Å². The Morgan fingerprint density at radius 3 is 2.62 bits per heavy atom. The Morgan fingerprint density at radius 2 is 1.97 bits per heavy atom. The Labute approximate surface area is 195 Å². The van der Waals surface area contributed by atoms with Gasteiger partial charge in [-0.05, 0) is 31.9 Å². The molecule has 29 heavy (non-hydrogen) atoms. The zero-order valence-electron chi connectivity index (χ0n) is 16.9. The van der Waals surface area contributed by atoms with Gasteiger partial charge in [-0.15, -0.1) is 24.0 Å². The highest BCUT2D eigenvalue weighted by molar-refractivity contribution is 14.0. The van der Waals surface area contributed by atoms with Crippen molar-refractivity contribution in [3.63, 3.8) is 0 Å². The molecule has 2 fully saturated rings. The molecule has 2 N–H and O–H groups in total. The van der Waals surface area contributed by atoms with Crippen molar-refractivity contribution >= 4 is 47.4 Å². The number of aliphatic imine (C=N–C) groups is 1. The van der Waals surface area contributed by atoms with E-state index in [4.69, 9.17) is 16.3 Å². The van der Waals surface area contributed by atoms with E-state index in [-0.39, 0.29) is 29.9 Å². The lowest BCUT2D eigenvalue weighted by molar-refractivity contribution is -0.122. The van der Waals surface area contributed by atoms with Crippen molar-refractivity contribution in [1.29, 1.82) is 0 Å². The third kappa shape index (κ3) is 8.18. The SMILES string of the molecule is CCNC(=NCCOc1ccccc1Cl)N1CCN(CC(=O)NC2CC2)CC1.I. The molecule has 1 heterocycles. The summed E-state index contributed by atoms with van der Waals surface area (Å²) in [6.07, 6.45) is 2.25. The molecular weight excluding hydrogens is 505 g/mol. The van der Waals surface area contributed by atoms with Gasteiger partial charge in [-0.25, -0.2) is 4.99 Å². The van der Waals surface area contributed by atoms with Crippen molar-refractivity contribution in [3.8, 4) is 5.75 Å². The third-order valence-electron chi connectivity index (χ3n) is 4.76. The molecule has 2 aliphatic rings. The summed E-state index contributed by atoms with van der Waals surface area (Å²) in [5.41, 5.74) is 0. The molecule has 0 unspecified atom stereocenters. The number of carbonyl (C=O) groups is 1. The molecule has 1 aromatic carbocycles. The fourth-order valence-corrected chi connectivity index (χ4v) is 3.31. The number of nitrogens with zero attached hydrogens (tertiary/aromatic N) is 3. The summed E-state index contributed by atoms with van der Waals surface area (Å²) in [5.74, 6) is 1.73. The number of amides is 1. The number of hydrogen-bond acceptors (Lipinski definition) is 4. The maximum absolute atomic E-state index is 12.0. The summed E-state index contributed by atoms with van der Waals surface area (Å²) >= 11 is 6.10. The van der Waals surface area contributed by atoms with Crippen LogP contribution >= 0.6 is 35.6 Å². The molecule has 0 bridgehead atoms. The van der Waals surface area contributed by atoms with Gasteiger partial charge in [0.2, 0.25) is 5.91 Å². The minimum absolute atomic E-state index is 0. The van der Waals surface area contributed by atoms with E-state index in [1.165, 1.54) is 0 Å². The maximum Gasteiger partial charge on any atom is 0.234 e. The van der Waals surface area contributed by atoms with E-state index in [1.807, 2.05) is 24.3 Å². The summed E-state index contributed by atoms with van der Waals surface area (Å²) in [7, 11) is 0. The summed E-state index contributed by atoms with van der Waals surface area (Å²) < 4.78 is 5.71. The molecular formula is C20H31ClIN5O2. The van der Waals surface area contributed by atoms with Crippen LogP contribution in [0.1, 0.15) is 19.8 Å². The van der Waals surface area contributed by atoms with Crippen LogP contribution in [-0.2, 0) is 4.79 Å². The van der Waals surface area contributed by atoms with Crippen molar-refractivity contribution in [2.75, 3.05) is 52.4 Å². The second-order valence-corrected chi connectivity index (χ2v) is 7.53. The first-order chi connectivity index (χ1) is 13.7. The van der Waals surface area contributed by atoms with Crippen molar-refractivity contribution < 1.29 is 9.53 Å². The molecule has 1 saturated heterocycles. The highest BCUT2D eigenvalue weighted by atomic mass is 127. The quantitative estimate of drug-likeness (QED) is 0.231. The predicted molar refractivity (Wildman–Crippen MR) is 128 cm³/mol. The van der Waals surface area contributed by atoms with Gasteiger partial charge in [0.05, 0.1) is 18.1 Å². The van der Waals surface area contributed by atoms with Crippen molar-refractivity contribution in [3.05, 3.63) is 29.3 Å². The zero-order chi connectivity index (χ0) is 19.8. The summed E-state index contributed by atoms with van der Waals surface area (Å²) in [6, 6.07) is 7.88. The molecule has 0 spiro atoms. The van der Waals surface area contributed by atoms with Gasteiger partial charge >= 0.3 is 0 Å². The molecule has 7 nitrogen and oxygen atoms in total. The monoisotopic (exact) mass is 535 g/mol. The van der Waals surface area contributed by atoms with Crippen molar-refractivity contribution in [1.82, 2.24) is 20.4 Å². The van der Waals surface area contributed by atoms with Gasteiger partial charge < -0.3 is 20.3 Å². The zero-order valence-corrected chi connectivity index (χ0v) is 20.0. The standard InChI is InChI=1S/C20H30ClN5O2.HI/c1-2-22-20(23-9-14-28-18-6-4-3-5-17(18)21)26-12-10-25(11-13-26)15-19(27)24-16-7-8-16;/h3-6,16H,2,7-15H2,1H3,(H,22,23)(H,24,27);1H. The Morgan fingerprint density at radius 1 is 1.24 bits per heavy atom. The smallest absolute Gasteiger partial charge is 0.234 e. The molecule has 1 saturated carbocycles. The van der Waals surface area contributed by atoms with Crippen LogP contribution in [-0.4, -0.2) is 80.1 Å². The molecule has 162 valence electrons. The Hall–Kier alpha value is -1.26. The highest BCUT2D eigenvalue weighted by Crippen LogP contribution is 2.22. The van der Waals surface area contributed by atoms with E-state index in [9.17, 15) is 4.79 Å². The first-order valence-electron chi connectivity index (χ1n) is 10.1. The van der Waals surface area contributed by atoms with Crippen LogP contribution in [0.4, 0.5) is 0 Å². The lowest BCUT2D eigenvalue weighted by Gasteiger charge is -2.36. The van der Waals surface area contributed by atoms with Crippen molar-refractivity contribution in [2.24, 2.45) is 4.99 Å². The van der Waals surface area contributed by atoms with Gasteiger partial charge in [-0.2, -0.15) is 0 Å². The minimum Gasteiger partial charge on any atom is -0.490 e. The number of piperazine rings is 1. The van der Waals surface area contributed by atoms with Crippen LogP contribution in [0.25, 0.3) is 0 Å². The normalized spacial score (nSPS) is 17.4. The van der Waals surface area contributed by atoms with E-state index in [0.29, 0.717) is 36.5 Å². The topological polar surface area (TPSA) is 69.2 Å². The molecule has 1 aliphatic heterocycles. The van der Waals surface area contributed by atoms with E-state index in [0.717, 1.165) is 51.5 Å². The number of carbonyl (C=O) groups excluding carboxylic acids is 1. The van der Waals surface area contributed by atoms with E-state index in [2.05, 4.69) is 32.3 Å². The molecule has 1 aromatic rings. The number of benzene rings is 1. The average molecular weight is 536 g/mol. The number of para-hydroxylation sites is 1. The average Bonchev–Trinajstić information content (AvgIpc) is 3.50. The molecule has 1 aliphatic carbocycles. The molecule has 0 atom stereocenters. The fraction of sp³-hybridized carbons (Fsp3) is 0.600. The van der Waals surface area contributed by atoms with Crippen LogP contribution in [0.2, 0.25) is 5.02 Å². The molecule has 1 amide bonds. The minimum atomic E-state index is 0. The lowest BCUT2D eigenvalue weighted by atomic mass is 10.3. The first kappa shape index (κ1) is 24.0. The molecule has 9 heteroatoms. The summed E-state index contributed by atoms with van der Waals surface area (Å²) in [4.78, 5) is 21.1. The van der Waals surface area contributed by atoms with E-state index in [1.54, 1.807) is 0 Å². The summed E-state index contributed by atoms with van der Waals surface area (Å²) in [5, 5.41) is 7.01. The number of nitrogens with one attached hydrogen (secondary N) is 2. The first-order valence-corrected chi connectivity index (χ1v) is 10.5. The van der Waals surface area contributed by atoms with Crippen LogP contribution < -0.4 is 15.4 Å². The lowest BCUT2D eigenvalue weighted by Crippen LogP contribution is -2.54. The van der Waals surface area contributed by atoms with Gasteiger partial charge in [0, 0.05) is 38.8 Å². The Balaban J connectivity index is 0.00000300. The van der Waals surface area contributed by atoms with Gasteiger partial charge in [0.1, 0.15) is 12.4 Å². The second kappa shape index (κ2) is 12.4. The highest BCUT2D eigenvalue weighted by Gasteiger charge is 2.25. The Bertz CT molecular complexity index is 679. The molecule has 0 radical (unpaired) electrons. The van der Waals surface area contributed by atoms with Crippen molar-refractivity contribution in [2.45, 2.75) is 25.8 Å². The Kier molecular flexibility index (Phi) is 10.3. The van der Waals surface area contributed by atoms with E-state index < -0.39 is 0 Å². The predicted octanol–water partition coefficient (Wildman–Crippen LogP) is 2.20. The van der Waals surface area contributed by atoms with E-state index >= 15 is 0 Å². The molecule has 0 aromatic heterocycles. The largest absolute Gasteiger partial charge is 0.490 e. The maximum atomic E-state index is 12.0. The number of rotatable bonds is 8. The molecule has 3 rings (SSSR count). The second-order valence-electron chi connectivity index (χ2n) is 7.12. The number of hydrogen-bond donors (Lipinski definition) is 2. The van der Waals surface area contributed by atoms with Crippen LogP contribution in [0.15, 0.2) is 29.3 Å². The summed E-state index contributed by atoms with van der Waals surface area (Å²) in [6.45, 7) is 7.82. The van der Waals surface area contributed by atoms with Gasteiger partial charge in [-0.3, -0.25) is 9.69 Å². The number of guanidine groups is 1. The van der Waals surface area contributed by atoms with Crippen LogP contribution in [0.5, 0.6) is 5.75 Å². The number of ether oxygens (including phenoxy) is 1. The fourth-order valence-electron chi connectivity index (χ4n) is 3.12. The van der Waals surface area contributed by atoms with Gasteiger partial charge in [0.15, 0.2) is 5.96 Å². The third-order valence-corrected chi connectivity index (χ3v) is 5.08. The number of halogens is 2. The van der Waals surface area contributed by atoms with Gasteiger partial charge in [-0.1, -0.05) is 23.7 Å².